The molecule has 0 spiro atoms. The van der Waals surface area contributed by atoms with E-state index < -0.39 is 0 Å². The Labute approximate surface area is 116 Å². The molecule has 3 heteroatoms. The Hall–Kier alpha value is -1.50. The van der Waals surface area contributed by atoms with E-state index in [0.717, 1.165) is 36.5 Å². The highest BCUT2D eigenvalue weighted by Gasteiger charge is 2.02. The summed E-state index contributed by atoms with van der Waals surface area (Å²) in [5.41, 5.74) is 1.98. The first kappa shape index (κ1) is 15.6. The molecule has 0 saturated heterocycles. The summed E-state index contributed by atoms with van der Waals surface area (Å²) in [7, 11) is 0. The molecule has 1 aromatic carbocycles. The molecule has 0 atom stereocenters. The molecule has 0 saturated carbocycles. The fourth-order valence-corrected chi connectivity index (χ4v) is 1.86. The molecule has 1 N–H and O–H groups in total. The van der Waals surface area contributed by atoms with E-state index in [4.69, 9.17) is 9.84 Å². The van der Waals surface area contributed by atoms with Gasteiger partial charge in [0.1, 0.15) is 19.0 Å². The number of aryl methyl sites for hydroxylation is 1. The molecule has 1 aromatic rings. The second-order valence-electron chi connectivity index (χ2n) is 4.32. The van der Waals surface area contributed by atoms with Crippen molar-refractivity contribution in [1.82, 2.24) is 4.90 Å². The molecular formula is C16H23NO2. The van der Waals surface area contributed by atoms with Crippen LogP contribution >= 0.6 is 0 Å². The molecule has 0 fully saturated rings. The summed E-state index contributed by atoms with van der Waals surface area (Å²) in [6, 6.07) is 5.84. The lowest BCUT2D eigenvalue weighted by Gasteiger charge is -2.18. The second kappa shape index (κ2) is 8.58. The van der Waals surface area contributed by atoms with Gasteiger partial charge in [0.25, 0.3) is 0 Å². The molecule has 0 unspecified atom stereocenters. The average Bonchev–Trinajstić information content (AvgIpc) is 2.43. The van der Waals surface area contributed by atoms with Crippen LogP contribution in [0.25, 0.3) is 0 Å². The third-order valence-electron chi connectivity index (χ3n) is 3.05. The zero-order chi connectivity index (χ0) is 14.1. The van der Waals surface area contributed by atoms with E-state index in [9.17, 15) is 0 Å². The second-order valence-corrected chi connectivity index (χ2v) is 4.32. The van der Waals surface area contributed by atoms with Crippen LogP contribution in [0.5, 0.6) is 5.75 Å². The molecule has 0 aliphatic carbocycles. The minimum Gasteiger partial charge on any atom is -0.492 e. The van der Waals surface area contributed by atoms with Gasteiger partial charge in [-0.15, -0.1) is 0 Å². The maximum atomic E-state index is 8.66. The van der Waals surface area contributed by atoms with Crippen LogP contribution in [0.1, 0.15) is 25.0 Å². The van der Waals surface area contributed by atoms with E-state index in [1.165, 1.54) is 0 Å². The summed E-state index contributed by atoms with van der Waals surface area (Å²) < 4.78 is 5.79. The Morgan fingerprint density at radius 3 is 2.58 bits per heavy atom. The van der Waals surface area contributed by atoms with E-state index >= 15 is 0 Å². The van der Waals surface area contributed by atoms with Gasteiger partial charge in [0.05, 0.1) is 0 Å². The maximum Gasteiger partial charge on any atom is 0.122 e. The van der Waals surface area contributed by atoms with Gasteiger partial charge in [-0.05, 0) is 43.8 Å². The van der Waals surface area contributed by atoms with Gasteiger partial charge in [0.2, 0.25) is 0 Å². The smallest absolute Gasteiger partial charge is 0.122 e. The first-order valence-corrected chi connectivity index (χ1v) is 6.76. The lowest BCUT2D eigenvalue weighted by Crippen LogP contribution is -2.28. The van der Waals surface area contributed by atoms with Gasteiger partial charge in [0, 0.05) is 12.1 Å². The molecule has 104 valence electrons. The zero-order valence-corrected chi connectivity index (χ0v) is 12.1. The lowest BCUT2D eigenvalue weighted by molar-refractivity contribution is 0.222. The highest BCUT2D eigenvalue weighted by molar-refractivity contribution is 5.43. The van der Waals surface area contributed by atoms with E-state index in [2.05, 4.69) is 30.6 Å². The number of hydrogen-bond donors (Lipinski definition) is 1. The van der Waals surface area contributed by atoms with Crippen LogP contribution in [0, 0.1) is 18.8 Å². The number of likely N-dealkylation sites (N-methyl/N-ethyl adjacent to an activating group) is 1. The van der Waals surface area contributed by atoms with Gasteiger partial charge < -0.3 is 14.7 Å². The van der Waals surface area contributed by atoms with E-state index in [1.807, 2.05) is 25.1 Å². The molecule has 0 aliphatic heterocycles. The zero-order valence-electron chi connectivity index (χ0n) is 12.1. The van der Waals surface area contributed by atoms with Crippen LogP contribution in [0.3, 0.4) is 0 Å². The molecule has 0 aliphatic rings. The monoisotopic (exact) mass is 261 g/mol. The minimum absolute atomic E-state index is 0.110. The fourth-order valence-electron chi connectivity index (χ4n) is 1.86. The van der Waals surface area contributed by atoms with Crippen molar-refractivity contribution >= 4 is 0 Å². The third-order valence-corrected chi connectivity index (χ3v) is 3.05. The molecule has 1 rings (SSSR count). The molecule has 0 aromatic heterocycles. The van der Waals surface area contributed by atoms with Gasteiger partial charge >= 0.3 is 0 Å². The van der Waals surface area contributed by atoms with E-state index in [0.29, 0.717) is 6.61 Å². The maximum absolute atomic E-state index is 8.66. The SMILES string of the molecule is CCN(CC)CCOc1ccc(C#CCO)cc1C. The van der Waals surface area contributed by atoms with Gasteiger partial charge in [-0.25, -0.2) is 0 Å². The summed E-state index contributed by atoms with van der Waals surface area (Å²) in [5, 5.41) is 8.66. The summed E-state index contributed by atoms with van der Waals surface area (Å²) in [5.74, 6) is 6.44. The highest BCUT2D eigenvalue weighted by Crippen LogP contribution is 2.18. The van der Waals surface area contributed by atoms with Crippen molar-refractivity contribution in [3.8, 4) is 17.6 Å². The Bertz CT molecular complexity index is 442. The Kier molecular flexibility index (Phi) is 7.02. The molecular weight excluding hydrogens is 238 g/mol. The van der Waals surface area contributed by atoms with Crippen LogP contribution in [0.2, 0.25) is 0 Å². The number of rotatable bonds is 6. The van der Waals surface area contributed by atoms with E-state index in [1.54, 1.807) is 0 Å². The minimum atomic E-state index is -0.110. The van der Waals surface area contributed by atoms with Crippen molar-refractivity contribution in [2.75, 3.05) is 32.8 Å². The Balaban J connectivity index is 2.55. The van der Waals surface area contributed by atoms with E-state index in [-0.39, 0.29) is 6.61 Å². The quantitative estimate of drug-likeness (QED) is 0.796. The topological polar surface area (TPSA) is 32.7 Å². The first-order valence-electron chi connectivity index (χ1n) is 6.76. The third kappa shape index (κ3) is 5.34. The van der Waals surface area contributed by atoms with Gasteiger partial charge in [-0.1, -0.05) is 25.7 Å². The normalized spacial score (nSPS) is 10.2. The number of aliphatic hydroxyl groups is 1. The van der Waals surface area contributed by atoms with Crippen molar-refractivity contribution in [2.24, 2.45) is 0 Å². The van der Waals surface area contributed by atoms with Crippen molar-refractivity contribution in [2.45, 2.75) is 20.8 Å². The summed E-state index contributed by atoms with van der Waals surface area (Å²) in [6.07, 6.45) is 0. The van der Waals surface area contributed by atoms with Crippen LogP contribution in [0.15, 0.2) is 18.2 Å². The fraction of sp³-hybridized carbons (Fsp3) is 0.500. The Morgan fingerprint density at radius 2 is 2.00 bits per heavy atom. The number of hydrogen-bond acceptors (Lipinski definition) is 3. The molecule has 3 nitrogen and oxygen atoms in total. The standard InChI is InChI=1S/C16H23NO2/c1-4-17(5-2)10-12-19-16-9-8-15(7-6-11-18)13-14(16)3/h8-9,13,18H,4-5,10-12H2,1-3H3. The van der Waals surface area contributed by atoms with Crippen molar-refractivity contribution in [3.63, 3.8) is 0 Å². The number of ether oxygens (including phenoxy) is 1. The van der Waals surface area contributed by atoms with Crippen LogP contribution < -0.4 is 4.74 Å². The molecule has 0 bridgehead atoms. The first-order chi connectivity index (χ1) is 9.21. The predicted octanol–water partition coefficient (Wildman–Crippen LogP) is 2.06. The van der Waals surface area contributed by atoms with Crippen molar-refractivity contribution in [1.29, 1.82) is 0 Å². The van der Waals surface area contributed by atoms with Crippen molar-refractivity contribution in [3.05, 3.63) is 29.3 Å². The number of nitrogens with zero attached hydrogens (tertiary/aromatic N) is 1. The average molecular weight is 261 g/mol. The van der Waals surface area contributed by atoms with Crippen LogP contribution in [0.4, 0.5) is 0 Å². The molecule has 0 heterocycles. The van der Waals surface area contributed by atoms with Gasteiger partial charge in [0.15, 0.2) is 0 Å². The summed E-state index contributed by atoms with van der Waals surface area (Å²) in [4.78, 5) is 2.33. The van der Waals surface area contributed by atoms with Gasteiger partial charge in [-0.2, -0.15) is 0 Å². The predicted molar refractivity (Wildman–Crippen MR) is 78.4 cm³/mol. The molecule has 0 radical (unpaired) electrons. The van der Waals surface area contributed by atoms with Crippen molar-refractivity contribution < 1.29 is 9.84 Å². The largest absolute Gasteiger partial charge is 0.492 e. The molecule has 19 heavy (non-hydrogen) atoms. The van der Waals surface area contributed by atoms with Crippen LogP contribution in [-0.2, 0) is 0 Å². The highest BCUT2D eigenvalue weighted by atomic mass is 16.5. The van der Waals surface area contributed by atoms with Crippen LogP contribution in [-0.4, -0.2) is 42.9 Å². The molecule has 0 amide bonds. The summed E-state index contributed by atoms with van der Waals surface area (Å²) in [6.45, 7) is 9.95. The summed E-state index contributed by atoms with van der Waals surface area (Å²) >= 11 is 0. The number of aliphatic hydroxyl groups excluding tert-OH is 1. The van der Waals surface area contributed by atoms with Gasteiger partial charge in [-0.3, -0.25) is 0 Å². The Morgan fingerprint density at radius 1 is 1.26 bits per heavy atom. The number of benzene rings is 1. The lowest BCUT2D eigenvalue weighted by atomic mass is 10.1.